The van der Waals surface area contributed by atoms with E-state index in [-0.39, 0.29) is 0 Å². The zero-order valence-electron chi connectivity index (χ0n) is 13.0. The van der Waals surface area contributed by atoms with E-state index in [1.807, 2.05) is 54.6 Å². The zero-order valence-corrected chi connectivity index (χ0v) is 13.0. The Kier molecular flexibility index (Phi) is 4.52. The van der Waals surface area contributed by atoms with E-state index in [1.54, 1.807) is 10.9 Å². The van der Waals surface area contributed by atoms with Crippen LogP contribution in [0.4, 0.5) is 0 Å². The number of benzene rings is 2. The molecule has 3 rings (SSSR count). The lowest BCUT2D eigenvalue weighted by molar-refractivity contribution is 0.112. The third kappa shape index (κ3) is 3.31. The topological polar surface area (TPSA) is 44.1 Å². The fraction of sp³-hybridized carbons (Fsp3) is 0.158. The molecule has 4 nitrogen and oxygen atoms in total. The molecule has 23 heavy (non-hydrogen) atoms. The van der Waals surface area contributed by atoms with Crippen LogP contribution in [0.15, 0.2) is 60.8 Å². The molecule has 0 saturated heterocycles. The van der Waals surface area contributed by atoms with Gasteiger partial charge < -0.3 is 4.74 Å². The Morgan fingerprint density at radius 1 is 1.09 bits per heavy atom. The predicted octanol–water partition coefficient (Wildman–Crippen LogP) is 4.14. The number of ether oxygens (including phenoxy) is 1. The summed E-state index contributed by atoms with van der Waals surface area (Å²) in [6.45, 7) is 2.77. The van der Waals surface area contributed by atoms with Gasteiger partial charge in [-0.25, -0.2) is 4.68 Å². The molecule has 0 bridgehead atoms. The average molecular weight is 306 g/mol. The summed E-state index contributed by atoms with van der Waals surface area (Å²) >= 11 is 0. The summed E-state index contributed by atoms with van der Waals surface area (Å²) in [7, 11) is 0. The SMILES string of the molecule is CCCOc1ccc(-c2nn(-c3ccccc3)cc2C=O)cc1. The summed E-state index contributed by atoms with van der Waals surface area (Å²) in [5, 5.41) is 4.56. The first-order chi connectivity index (χ1) is 11.3. The molecule has 1 aromatic heterocycles. The number of rotatable bonds is 6. The van der Waals surface area contributed by atoms with Crippen molar-refractivity contribution in [1.29, 1.82) is 0 Å². The second kappa shape index (κ2) is 6.92. The van der Waals surface area contributed by atoms with Crippen LogP contribution in [-0.2, 0) is 0 Å². The van der Waals surface area contributed by atoms with Crippen LogP contribution >= 0.6 is 0 Å². The van der Waals surface area contributed by atoms with Crippen LogP contribution < -0.4 is 4.74 Å². The molecule has 0 unspecified atom stereocenters. The van der Waals surface area contributed by atoms with Crippen molar-refractivity contribution in [1.82, 2.24) is 9.78 Å². The second-order valence-electron chi connectivity index (χ2n) is 5.20. The van der Waals surface area contributed by atoms with E-state index in [0.717, 1.165) is 29.7 Å². The molecule has 0 amide bonds. The number of nitrogens with zero attached hydrogens (tertiary/aromatic N) is 2. The third-order valence-corrected chi connectivity index (χ3v) is 3.49. The van der Waals surface area contributed by atoms with Crippen molar-refractivity contribution in [2.75, 3.05) is 6.61 Å². The number of carbonyl (C=O) groups is 1. The van der Waals surface area contributed by atoms with Gasteiger partial charge in [0.15, 0.2) is 6.29 Å². The van der Waals surface area contributed by atoms with Gasteiger partial charge in [0.2, 0.25) is 0 Å². The summed E-state index contributed by atoms with van der Waals surface area (Å²) < 4.78 is 7.30. The maximum absolute atomic E-state index is 11.4. The van der Waals surface area contributed by atoms with Gasteiger partial charge in [-0.1, -0.05) is 25.1 Å². The Hall–Kier alpha value is -2.88. The van der Waals surface area contributed by atoms with Crippen LogP contribution in [0.2, 0.25) is 0 Å². The van der Waals surface area contributed by atoms with E-state index >= 15 is 0 Å². The Bertz CT molecular complexity index is 777. The Labute approximate surface area is 135 Å². The lowest BCUT2D eigenvalue weighted by Gasteiger charge is -2.05. The maximum atomic E-state index is 11.4. The molecule has 2 aromatic carbocycles. The van der Waals surface area contributed by atoms with E-state index in [4.69, 9.17) is 4.74 Å². The molecule has 4 heteroatoms. The summed E-state index contributed by atoms with van der Waals surface area (Å²) in [5.74, 6) is 0.825. The summed E-state index contributed by atoms with van der Waals surface area (Å²) in [5.41, 5.74) is 3.05. The molecule has 0 atom stereocenters. The average Bonchev–Trinajstić information content (AvgIpc) is 3.05. The molecule has 0 saturated carbocycles. The predicted molar refractivity (Wildman–Crippen MR) is 90.2 cm³/mol. The first kappa shape index (κ1) is 15.0. The van der Waals surface area contributed by atoms with Gasteiger partial charge in [0.25, 0.3) is 0 Å². The largest absolute Gasteiger partial charge is 0.494 e. The first-order valence-corrected chi connectivity index (χ1v) is 7.65. The number of hydrogen-bond donors (Lipinski definition) is 0. The molecule has 0 aliphatic rings. The second-order valence-corrected chi connectivity index (χ2v) is 5.20. The minimum atomic E-state index is 0.566. The molecule has 0 aliphatic heterocycles. The van der Waals surface area contributed by atoms with Crippen molar-refractivity contribution in [3.63, 3.8) is 0 Å². The number of carbonyl (C=O) groups excluding carboxylic acids is 1. The molecule has 1 heterocycles. The standard InChI is InChI=1S/C19H18N2O2/c1-2-12-23-18-10-8-15(9-11-18)19-16(14-22)13-21(20-19)17-6-4-3-5-7-17/h3-11,13-14H,2,12H2,1H3. The lowest BCUT2D eigenvalue weighted by atomic mass is 10.1. The molecule has 116 valence electrons. The molecular weight excluding hydrogens is 288 g/mol. The van der Waals surface area contributed by atoms with Gasteiger partial charge in [-0.3, -0.25) is 4.79 Å². The fourth-order valence-electron chi connectivity index (χ4n) is 2.34. The number of aromatic nitrogens is 2. The van der Waals surface area contributed by atoms with Crippen molar-refractivity contribution in [3.8, 4) is 22.7 Å². The molecule has 0 radical (unpaired) electrons. The lowest BCUT2D eigenvalue weighted by Crippen LogP contribution is -1.95. The van der Waals surface area contributed by atoms with E-state index in [2.05, 4.69) is 12.0 Å². The third-order valence-electron chi connectivity index (χ3n) is 3.49. The number of para-hydroxylation sites is 1. The van der Waals surface area contributed by atoms with Gasteiger partial charge in [-0.05, 0) is 42.8 Å². The van der Waals surface area contributed by atoms with E-state index in [0.29, 0.717) is 17.9 Å². The highest BCUT2D eigenvalue weighted by atomic mass is 16.5. The van der Waals surface area contributed by atoms with Crippen molar-refractivity contribution >= 4 is 6.29 Å². The van der Waals surface area contributed by atoms with Gasteiger partial charge in [-0.15, -0.1) is 0 Å². The van der Waals surface area contributed by atoms with Crippen molar-refractivity contribution in [2.24, 2.45) is 0 Å². The zero-order chi connectivity index (χ0) is 16.1. The number of hydrogen-bond acceptors (Lipinski definition) is 3. The monoisotopic (exact) mass is 306 g/mol. The van der Waals surface area contributed by atoms with Gasteiger partial charge in [-0.2, -0.15) is 5.10 Å². The normalized spacial score (nSPS) is 10.5. The van der Waals surface area contributed by atoms with E-state index < -0.39 is 0 Å². The van der Waals surface area contributed by atoms with Crippen LogP contribution in [-0.4, -0.2) is 22.7 Å². The van der Waals surface area contributed by atoms with Gasteiger partial charge >= 0.3 is 0 Å². The van der Waals surface area contributed by atoms with Crippen LogP contribution in [0.1, 0.15) is 23.7 Å². The molecule has 0 N–H and O–H groups in total. The quantitative estimate of drug-likeness (QED) is 0.643. The Morgan fingerprint density at radius 3 is 2.48 bits per heavy atom. The molecule has 0 fully saturated rings. The molecule has 0 spiro atoms. The minimum Gasteiger partial charge on any atom is -0.494 e. The van der Waals surface area contributed by atoms with Gasteiger partial charge in [0.1, 0.15) is 11.4 Å². The van der Waals surface area contributed by atoms with Crippen LogP contribution in [0.25, 0.3) is 16.9 Å². The van der Waals surface area contributed by atoms with Crippen LogP contribution in [0, 0.1) is 0 Å². The van der Waals surface area contributed by atoms with Crippen LogP contribution in [0.5, 0.6) is 5.75 Å². The van der Waals surface area contributed by atoms with Crippen molar-refractivity contribution < 1.29 is 9.53 Å². The van der Waals surface area contributed by atoms with Crippen LogP contribution in [0.3, 0.4) is 0 Å². The summed E-state index contributed by atoms with van der Waals surface area (Å²) in [6, 6.07) is 17.4. The molecule has 3 aromatic rings. The molecule has 0 aliphatic carbocycles. The first-order valence-electron chi connectivity index (χ1n) is 7.65. The van der Waals surface area contributed by atoms with Crippen molar-refractivity contribution in [2.45, 2.75) is 13.3 Å². The highest BCUT2D eigenvalue weighted by Crippen LogP contribution is 2.25. The summed E-state index contributed by atoms with van der Waals surface area (Å²) in [6.07, 6.45) is 3.56. The Balaban J connectivity index is 1.93. The number of aldehydes is 1. The minimum absolute atomic E-state index is 0.566. The van der Waals surface area contributed by atoms with Gasteiger partial charge in [0.05, 0.1) is 17.9 Å². The summed E-state index contributed by atoms with van der Waals surface area (Å²) in [4.78, 5) is 11.4. The smallest absolute Gasteiger partial charge is 0.153 e. The maximum Gasteiger partial charge on any atom is 0.153 e. The fourth-order valence-corrected chi connectivity index (χ4v) is 2.34. The highest BCUT2D eigenvalue weighted by molar-refractivity contribution is 5.85. The molecular formula is C19H18N2O2. The Morgan fingerprint density at radius 2 is 1.83 bits per heavy atom. The van der Waals surface area contributed by atoms with Crippen molar-refractivity contribution in [3.05, 3.63) is 66.4 Å². The highest BCUT2D eigenvalue weighted by Gasteiger charge is 2.11. The van der Waals surface area contributed by atoms with E-state index in [9.17, 15) is 4.79 Å². The van der Waals surface area contributed by atoms with E-state index in [1.165, 1.54) is 0 Å². The van der Waals surface area contributed by atoms with Gasteiger partial charge in [0, 0.05) is 11.8 Å².